The second-order valence-corrected chi connectivity index (χ2v) is 13.0. The largest absolute Gasteiger partial charge is 0.454 e. The van der Waals surface area contributed by atoms with Crippen molar-refractivity contribution in [2.24, 2.45) is 0 Å². The molecule has 3 heteroatoms. The zero-order chi connectivity index (χ0) is 33.7. The Hall–Kier alpha value is -6.84. The van der Waals surface area contributed by atoms with Crippen LogP contribution in [0.3, 0.4) is 0 Å². The maximum Gasteiger partial charge on any atom is 0.159 e. The van der Waals surface area contributed by atoms with E-state index >= 15 is 0 Å². The van der Waals surface area contributed by atoms with Gasteiger partial charge in [-0.1, -0.05) is 140 Å². The molecule has 2 aromatic heterocycles. The molecule has 0 aliphatic carbocycles. The van der Waals surface area contributed by atoms with Crippen LogP contribution in [0.5, 0.6) is 0 Å². The number of nitrogens with zero attached hydrogens (tertiary/aromatic N) is 2. The summed E-state index contributed by atoms with van der Waals surface area (Å²) in [6, 6.07) is 69.1. The van der Waals surface area contributed by atoms with Crippen LogP contribution in [0.15, 0.2) is 199 Å². The van der Waals surface area contributed by atoms with Crippen molar-refractivity contribution >= 4 is 60.8 Å². The van der Waals surface area contributed by atoms with Gasteiger partial charge in [-0.15, -0.1) is 0 Å². The first kappa shape index (κ1) is 29.1. The smallest absolute Gasteiger partial charge is 0.159 e. The lowest BCUT2D eigenvalue weighted by Crippen LogP contribution is -2.10. The van der Waals surface area contributed by atoms with Crippen LogP contribution in [-0.4, -0.2) is 4.57 Å². The van der Waals surface area contributed by atoms with E-state index in [4.69, 9.17) is 4.42 Å². The molecule has 0 amide bonds. The highest BCUT2D eigenvalue weighted by Gasteiger charge is 2.20. The molecule has 0 bridgehead atoms. The van der Waals surface area contributed by atoms with Crippen molar-refractivity contribution in [1.82, 2.24) is 4.57 Å². The summed E-state index contributed by atoms with van der Waals surface area (Å²) in [6.45, 7) is 0. The molecule has 0 N–H and O–H groups in total. The Balaban J connectivity index is 1.18. The average Bonchev–Trinajstić information content (AvgIpc) is 3.75. The van der Waals surface area contributed by atoms with Crippen molar-refractivity contribution in [3.8, 4) is 27.9 Å². The highest BCUT2D eigenvalue weighted by molar-refractivity contribution is 6.13. The van der Waals surface area contributed by atoms with Gasteiger partial charge in [-0.3, -0.25) is 0 Å². The highest BCUT2D eigenvalue weighted by Crippen LogP contribution is 2.42. The fraction of sp³-hybridized carbons (Fsp3) is 0. The molecule has 51 heavy (non-hydrogen) atoms. The van der Waals surface area contributed by atoms with Gasteiger partial charge in [-0.05, 0) is 76.9 Å². The molecule has 0 saturated heterocycles. The van der Waals surface area contributed by atoms with E-state index in [9.17, 15) is 0 Å². The number of anilines is 3. The van der Waals surface area contributed by atoms with E-state index in [0.29, 0.717) is 0 Å². The van der Waals surface area contributed by atoms with Gasteiger partial charge in [-0.2, -0.15) is 0 Å². The number of hydrogen-bond donors (Lipinski definition) is 0. The van der Waals surface area contributed by atoms with Gasteiger partial charge in [0.25, 0.3) is 0 Å². The quantitative estimate of drug-likeness (QED) is 0.178. The summed E-state index contributed by atoms with van der Waals surface area (Å²) in [5.41, 5.74) is 13.1. The number of furan rings is 1. The second kappa shape index (κ2) is 11.9. The van der Waals surface area contributed by atoms with Crippen LogP contribution >= 0.6 is 0 Å². The zero-order valence-corrected chi connectivity index (χ0v) is 27.8. The minimum atomic E-state index is 0.886. The van der Waals surface area contributed by atoms with Crippen LogP contribution in [0.2, 0.25) is 0 Å². The average molecular weight is 653 g/mol. The van der Waals surface area contributed by atoms with Crippen LogP contribution in [0.4, 0.5) is 17.1 Å². The molecule has 0 spiro atoms. The molecule has 10 rings (SSSR count). The van der Waals surface area contributed by atoms with Crippen LogP contribution < -0.4 is 4.90 Å². The normalized spacial score (nSPS) is 11.5. The SMILES string of the molecule is c1ccc(-c2ccc(N(c3ccc(-c4ccccc4)cc3)c3ccc4c5ccccc5n(-c5cccc6c5oc5ccccc56)c4c3)cc2)cc1. The third kappa shape index (κ3) is 4.90. The molecular formula is C48H32N2O. The monoisotopic (exact) mass is 652 g/mol. The molecule has 0 atom stereocenters. The van der Waals surface area contributed by atoms with Crippen molar-refractivity contribution in [2.75, 3.05) is 4.90 Å². The van der Waals surface area contributed by atoms with E-state index in [1.807, 2.05) is 12.1 Å². The first-order valence-corrected chi connectivity index (χ1v) is 17.4. The first-order chi connectivity index (χ1) is 25.3. The topological polar surface area (TPSA) is 21.3 Å². The van der Waals surface area contributed by atoms with Crippen molar-refractivity contribution in [3.63, 3.8) is 0 Å². The summed E-state index contributed by atoms with van der Waals surface area (Å²) in [5, 5.41) is 4.64. The number of aromatic nitrogens is 1. The van der Waals surface area contributed by atoms with Gasteiger partial charge in [0.1, 0.15) is 5.58 Å². The van der Waals surface area contributed by atoms with Crippen LogP contribution in [0, 0.1) is 0 Å². The number of para-hydroxylation sites is 3. The van der Waals surface area contributed by atoms with Crippen LogP contribution in [-0.2, 0) is 0 Å². The molecule has 0 fully saturated rings. The molecule has 10 aromatic rings. The minimum absolute atomic E-state index is 0.886. The Bertz CT molecular complexity index is 2750. The molecule has 8 aromatic carbocycles. The first-order valence-electron chi connectivity index (χ1n) is 17.4. The Morgan fingerprint density at radius 2 is 0.863 bits per heavy atom. The van der Waals surface area contributed by atoms with E-state index in [2.05, 4.69) is 191 Å². The fourth-order valence-corrected chi connectivity index (χ4v) is 7.58. The number of fused-ring (bicyclic) bond motifs is 6. The zero-order valence-electron chi connectivity index (χ0n) is 27.8. The summed E-state index contributed by atoms with van der Waals surface area (Å²) in [4.78, 5) is 2.35. The molecule has 0 radical (unpaired) electrons. The Morgan fingerprint density at radius 1 is 0.353 bits per heavy atom. The molecule has 240 valence electrons. The van der Waals surface area contributed by atoms with Gasteiger partial charge in [0.2, 0.25) is 0 Å². The van der Waals surface area contributed by atoms with Gasteiger partial charge < -0.3 is 13.9 Å². The summed E-state index contributed by atoms with van der Waals surface area (Å²) in [5.74, 6) is 0. The molecule has 0 unspecified atom stereocenters. The predicted molar refractivity (Wildman–Crippen MR) is 214 cm³/mol. The highest BCUT2D eigenvalue weighted by atomic mass is 16.3. The van der Waals surface area contributed by atoms with Gasteiger partial charge in [0, 0.05) is 38.6 Å². The lowest BCUT2D eigenvalue weighted by molar-refractivity contribution is 0.666. The second-order valence-electron chi connectivity index (χ2n) is 13.0. The molecule has 2 heterocycles. The Morgan fingerprint density at radius 3 is 1.53 bits per heavy atom. The summed E-state index contributed by atoms with van der Waals surface area (Å²) >= 11 is 0. The number of rotatable bonds is 6. The van der Waals surface area contributed by atoms with E-state index in [-0.39, 0.29) is 0 Å². The fourth-order valence-electron chi connectivity index (χ4n) is 7.58. The molecule has 3 nitrogen and oxygen atoms in total. The lowest BCUT2D eigenvalue weighted by atomic mass is 10.0. The van der Waals surface area contributed by atoms with Crippen molar-refractivity contribution in [1.29, 1.82) is 0 Å². The van der Waals surface area contributed by atoms with Crippen molar-refractivity contribution in [2.45, 2.75) is 0 Å². The summed E-state index contributed by atoms with van der Waals surface area (Å²) in [7, 11) is 0. The van der Waals surface area contributed by atoms with E-state index in [1.54, 1.807) is 0 Å². The molecule has 0 aliphatic rings. The Labute approximate surface area is 295 Å². The van der Waals surface area contributed by atoms with Crippen molar-refractivity contribution < 1.29 is 4.42 Å². The van der Waals surface area contributed by atoms with E-state index in [0.717, 1.165) is 55.7 Å². The Kier molecular flexibility index (Phi) is 6.81. The van der Waals surface area contributed by atoms with Crippen LogP contribution in [0.25, 0.3) is 71.7 Å². The predicted octanol–water partition coefficient (Wildman–Crippen LogP) is 13.5. The van der Waals surface area contributed by atoms with Gasteiger partial charge in [0.05, 0.1) is 16.7 Å². The standard InChI is InChI=1S/C48H32N2O/c1-3-12-33(13-4-1)35-22-26-37(27-23-35)49(38-28-24-36(25-29-38)34-14-5-2-6-15-34)39-30-31-41-40-16-7-9-19-44(40)50(46(41)32-39)45-20-11-18-43-42-17-8-10-21-47(42)51-48(43)45/h1-32H. The summed E-state index contributed by atoms with van der Waals surface area (Å²) < 4.78 is 8.95. The number of benzene rings is 8. The van der Waals surface area contributed by atoms with Gasteiger partial charge in [0.15, 0.2) is 5.58 Å². The number of hydrogen-bond acceptors (Lipinski definition) is 2. The maximum absolute atomic E-state index is 6.59. The third-order valence-electron chi connectivity index (χ3n) is 10.0. The minimum Gasteiger partial charge on any atom is -0.454 e. The van der Waals surface area contributed by atoms with Gasteiger partial charge >= 0.3 is 0 Å². The molecule has 0 saturated carbocycles. The van der Waals surface area contributed by atoms with E-state index < -0.39 is 0 Å². The third-order valence-corrected chi connectivity index (χ3v) is 10.0. The van der Waals surface area contributed by atoms with Crippen molar-refractivity contribution in [3.05, 3.63) is 194 Å². The van der Waals surface area contributed by atoms with Crippen LogP contribution in [0.1, 0.15) is 0 Å². The lowest BCUT2D eigenvalue weighted by Gasteiger charge is -2.26. The molecule has 0 aliphatic heterocycles. The maximum atomic E-state index is 6.59. The summed E-state index contributed by atoms with van der Waals surface area (Å²) in [6.07, 6.45) is 0. The van der Waals surface area contributed by atoms with E-state index in [1.165, 1.54) is 33.0 Å². The van der Waals surface area contributed by atoms with Gasteiger partial charge in [-0.25, -0.2) is 0 Å². The molecular weight excluding hydrogens is 621 g/mol.